The van der Waals surface area contributed by atoms with Crippen molar-refractivity contribution in [2.75, 3.05) is 7.05 Å². The number of oxazole rings is 1. The van der Waals surface area contributed by atoms with Crippen molar-refractivity contribution in [3.05, 3.63) is 69.5 Å². The Morgan fingerprint density at radius 2 is 2.00 bits per heavy atom. The molecule has 1 heterocycles. The van der Waals surface area contributed by atoms with Crippen molar-refractivity contribution in [2.24, 2.45) is 0 Å². The van der Waals surface area contributed by atoms with Gasteiger partial charge in [0.1, 0.15) is 5.82 Å². The summed E-state index contributed by atoms with van der Waals surface area (Å²) in [6.45, 7) is 1.85. The van der Waals surface area contributed by atoms with Crippen LogP contribution in [-0.2, 0) is 0 Å². The number of halogens is 1. The Bertz CT molecular complexity index is 831. The summed E-state index contributed by atoms with van der Waals surface area (Å²) >= 11 is 0. The third-order valence-corrected chi connectivity index (χ3v) is 3.46. The molecular weight excluding hydrogens is 271 g/mol. The largest absolute Gasteiger partial charge is 0.417 e. The molecule has 2 aromatic carbocycles. The van der Waals surface area contributed by atoms with Crippen molar-refractivity contribution in [1.82, 2.24) is 10.3 Å². The van der Waals surface area contributed by atoms with Crippen LogP contribution in [0, 0.1) is 12.7 Å². The minimum atomic E-state index is -0.482. The Kier molecular flexibility index (Phi) is 3.35. The Morgan fingerprint density at radius 3 is 2.71 bits per heavy atom. The fraction of sp³-hybridized carbons (Fsp3) is 0.188. The van der Waals surface area contributed by atoms with E-state index in [1.54, 1.807) is 12.1 Å². The van der Waals surface area contributed by atoms with Crippen LogP contribution in [0.5, 0.6) is 0 Å². The van der Waals surface area contributed by atoms with Gasteiger partial charge in [0.25, 0.3) is 0 Å². The zero-order valence-corrected chi connectivity index (χ0v) is 11.7. The molecule has 0 amide bonds. The van der Waals surface area contributed by atoms with Gasteiger partial charge in [-0.15, -0.1) is 0 Å². The van der Waals surface area contributed by atoms with E-state index in [9.17, 15) is 9.18 Å². The molecule has 0 spiro atoms. The van der Waals surface area contributed by atoms with Crippen LogP contribution in [0.1, 0.15) is 22.7 Å². The van der Waals surface area contributed by atoms with E-state index in [0.29, 0.717) is 11.1 Å². The van der Waals surface area contributed by atoms with Crippen molar-refractivity contribution in [2.45, 2.75) is 13.0 Å². The van der Waals surface area contributed by atoms with Gasteiger partial charge < -0.3 is 9.73 Å². The second kappa shape index (κ2) is 5.18. The first kappa shape index (κ1) is 13.6. The second-order valence-corrected chi connectivity index (χ2v) is 5.05. The average Bonchev–Trinajstić information content (AvgIpc) is 2.78. The zero-order valence-electron chi connectivity index (χ0n) is 11.7. The third-order valence-electron chi connectivity index (χ3n) is 3.46. The SMILES string of the molecule is CNC(c1cc(C)cc(F)c1)c1ccc2[nH]c(=O)oc2c1. The quantitative estimate of drug-likeness (QED) is 0.778. The predicted octanol–water partition coefficient (Wildman–Crippen LogP) is 2.88. The summed E-state index contributed by atoms with van der Waals surface area (Å²) in [5, 5.41) is 3.16. The van der Waals surface area contributed by atoms with Crippen LogP contribution in [0.15, 0.2) is 45.6 Å². The minimum absolute atomic E-state index is 0.177. The molecule has 0 bridgehead atoms. The molecule has 21 heavy (non-hydrogen) atoms. The van der Waals surface area contributed by atoms with E-state index in [-0.39, 0.29) is 11.9 Å². The van der Waals surface area contributed by atoms with E-state index in [1.165, 1.54) is 12.1 Å². The maximum absolute atomic E-state index is 13.6. The summed E-state index contributed by atoms with van der Waals surface area (Å²) in [5.41, 5.74) is 3.73. The van der Waals surface area contributed by atoms with Crippen molar-refractivity contribution < 1.29 is 8.81 Å². The van der Waals surface area contributed by atoms with Gasteiger partial charge in [0.2, 0.25) is 0 Å². The first-order valence-electron chi connectivity index (χ1n) is 6.64. The van der Waals surface area contributed by atoms with Crippen LogP contribution in [-0.4, -0.2) is 12.0 Å². The number of hydrogen-bond donors (Lipinski definition) is 2. The summed E-state index contributed by atoms with van der Waals surface area (Å²) in [6, 6.07) is 10.2. The lowest BCUT2D eigenvalue weighted by molar-refractivity contribution is 0.554. The van der Waals surface area contributed by atoms with Crippen LogP contribution in [0.25, 0.3) is 11.1 Å². The van der Waals surface area contributed by atoms with E-state index in [1.807, 2.05) is 26.1 Å². The average molecular weight is 286 g/mol. The van der Waals surface area contributed by atoms with Gasteiger partial charge >= 0.3 is 5.76 Å². The van der Waals surface area contributed by atoms with Crippen LogP contribution < -0.4 is 11.1 Å². The Balaban J connectivity index is 2.10. The number of H-pyrrole nitrogens is 1. The molecule has 4 nitrogen and oxygen atoms in total. The third kappa shape index (κ3) is 2.60. The lowest BCUT2D eigenvalue weighted by atomic mass is 9.97. The van der Waals surface area contributed by atoms with Gasteiger partial charge in [0.15, 0.2) is 5.58 Å². The highest BCUT2D eigenvalue weighted by molar-refractivity contribution is 5.73. The number of rotatable bonds is 3. The summed E-state index contributed by atoms with van der Waals surface area (Å²) in [6.07, 6.45) is 0. The molecule has 1 unspecified atom stereocenters. The highest BCUT2D eigenvalue weighted by atomic mass is 19.1. The first-order valence-corrected chi connectivity index (χ1v) is 6.64. The molecule has 5 heteroatoms. The molecule has 0 saturated carbocycles. The number of hydrogen-bond acceptors (Lipinski definition) is 3. The van der Waals surface area contributed by atoms with Crippen LogP contribution in [0.2, 0.25) is 0 Å². The van der Waals surface area contributed by atoms with Gasteiger partial charge in [0.05, 0.1) is 11.6 Å². The summed E-state index contributed by atoms with van der Waals surface area (Å²) < 4.78 is 18.7. The fourth-order valence-electron chi connectivity index (χ4n) is 2.60. The van der Waals surface area contributed by atoms with Gasteiger partial charge in [-0.25, -0.2) is 9.18 Å². The topological polar surface area (TPSA) is 58.0 Å². The molecule has 3 rings (SSSR count). The Morgan fingerprint density at radius 1 is 1.19 bits per heavy atom. The van der Waals surface area contributed by atoms with E-state index < -0.39 is 5.76 Å². The lowest BCUT2D eigenvalue weighted by Gasteiger charge is -2.18. The Labute approximate surface area is 120 Å². The van der Waals surface area contributed by atoms with E-state index in [0.717, 1.165) is 16.7 Å². The van der Waals surface area contributed by atoms with Gasteiger partial charge in [-0.2, -0.15) is 0 Å². The molecule has 1 aromatic heterocycles. The maximum atomic E-state index is 13.6. The van der Waals surface area contributed by atoms with Crippen molar-refractivity contribution in [3.8, 4) is 0 Å². The monoisotopic (exact) mass is 286 g/mol. The normalized spacial score (nSPS) is 12.7. The minimum Gasteiger partial charge on any atom is -0.408 e. The van der Waals surface area contributed by atoms with Gasteiger partial charge in [-0.3, -0.25) is 4.98 Å². The predicted molar refractivity (Wildman–Crippen MR) is 78.9 cm³/mol. The molecule has 0 aliphatic rings. The highest BCUT2D eigenvalue weighted by Gasteiger charge is 2.15. The first-order chi connectivity index (χ1) is 10.1. The maximum Gasteiger partial charge on any atom is 0.417 e. The number of nitrogens with one attached hydrogen (secondary N) is 2. The van der Waals surface area contributed by atoms with E-state index >= 15 is 0 Å². The molecule has 0 aliphatic carbocycles. The molecule has 0 aliphatic heterocycles. The second-order valence-electron chi connectivity index (χ2n) is 5.05. The highest BCUT2D eigenvalue weighted by Crippen LogP contribution is 2.25. The molecular formula is C16H15FN2O2. The smallest absolute Gasteiger partial charge is 0.408 e. The summed E-state index contributed by atoms with van der Waals surface area (Å²) in [5.74, 6) is -0.746. The van der Waals surface area contributed by atoms with Crippen LogP contribution >= 0.6 is 0 Å². The lowest BCUT2D eigenvalue weighted by Crippen LogP contribution is -2.17. The number of aromatic nitrogens is 1. The van der Waals surface area contributed by atoms with Crippen LogP contribution in [0.4, 0.5) is 4.39 Å². The van der Waals surface area contributed by atoms with E-state index in [4.69, 9.17) is 4.42 Å². The van der Waals surface area contributed by atoms with Crippen molar-refractivity contribution in [3.63, 3.8) is 0 Å². The van der Waals surface area contributed by atoms with Gasteiger partial charge in [0, 0.05) is 0 Å². The fourth-order valence-corrected chi connectivity index (χ4v) is 2.60. The van der Waals surface area contributed by atoms with Gasteiger partial charge in [-0.05, 0) is 54.9 Å². The molecule has 2 N–H and O–H groups in total. The van der Waals surface area contributed by atoms with Crippen molar-refractivity contribution in [1.29, 1.82) is 0 Å². The number of fused-ring (bicyclic) bond motifs is 1. The number of benzene rings is 2. The number of aryl methyl sites for hydroxylation is 1. The van der Waals surface area contributed by atoms with E-state index in [2.05, 4.69) is 10.3 Å². The summed E-state index contributed by atoms with van der Waals surface area (Å²) in [7, 11) is 1.81. The molecule has 3 aromatic rings. The van der Waals surface area contributed by atoms with Crippen molar-refractivity contribution >= 4 is 11.1 Å². The van der Waals surface area contributed by atoms with Gasteiger partial charge in [-0.1, -0.05) is 12.1 Å². The molecule has 0 fully saturated rings. The standard InChI is InChI=1S/C16H15FN2O2/c1-9-5-11(7-12(17)6-9)15(18-2)10-3-4-13-14(8-10)21-16(20)19-13/h3-8,15,18H,1-2H3,(H,19,20). The molecule has 0 radical (unpaired) electrons. The Hall–Kier alpha value is -2.40. The molecule has 0 saturated heterocycles. The molecule has 1 atom stereocenters. The number of aromatic amines is 1. The molecule has 108 valence electrons. The van der Waals surface area contributed by atoms with Crippen LogP contribution in [0.3, 0.4) is 0 Å². The zero-order chi connectivity index (χ0) is 15.0. The summed E-state index contributed by atoms with van der Waals surface area (Å²) in [4.78, 5) is 13.8.